The van der Waals surface area contributed by atoms with Crippen LogP contribution < -0.4 is 5.32 Å². The molecule has 6 nitrogen and oxygen atoms in total. The van der Waals surface area contributed by atoms with Crippen molar-refractivity contribution in [2.45, 2.75) is 58.9 Å². The molecule has 4 atom stereocenters. The van der Waals surface area contributed by atoms with Crippen LogP contribution in [0, 0.1) is 6.92 Å². The first-order valence-electron chi connectivity index (χ1n) is 8.04. The van der Waals surface area contributed by atoms with E-state index < -0.39 is 0 Å². The third-order valence-electron chi connectivity index (χ3n) is 4.22. The normalized spacial score (nSPS) is 25.0. The lowest BCUT2D eigenvalue weighted by atomic mass is 10.1. The third kappa shape index (κ3) is 4.30. The summed E-state index contributed by atoms with van der Waals surface area (Å²) in [7, 11) is 0. The number of nitrogens with zero attached hydrogens (tertiary/aromatic N) is 3. The molecule has 1 saturated heterocycles. The van der Waals surface area contributed by atoms with E-state index in [0.717, 1.165) is 5.56 Å². The molecule has 0 bridgehead atoms. The summed E-state index contributed by atoms with van der Waals surface area (Å²) in [4.78, 5) is 14.2. The Morgan fingerprint density at radius 2 is 2.05 bits per heavy atom. The fraction of sp³-hybridized carbons (Fsp3) is 0.750. The fourth-order valence-electron chi connectivity index (χ4n) is 2.80. The third-order valence-corrected chi connectivity index (χ3v) is 4.22. The van der Waals surface area contributed by atoms with Crippen molar-refractivity contribution in [3.8, 4) is 0 Å². The summed E-state index contributed by atoms with van der Waals surface area (Å²) in [6, 6.07) is 0.364. The van der Waals surface area contributed by atoms with Crippen molar-refractivity contribution in [2.75, 3.05) is 19.6 Å². The first-order valence-corrected chi connectivity index (χ1v) is 8.04. The first kappa shape index (κ1) is 17.0. The van der Waals surface area contributed by atoms with Crippen molar-refractivity contribution in [2.24, 2.45) is 0 Å². The molecule has 1 N–H and O–H groups in total. The molecule has 1 amide bonds. The van der Waals surface area contributed by atoms with Gasteiger partial charge in [-0.25, -0.2) is 0 Å². The molecular weight excluding hydrogens is 280 g/mol. The number of nitrogens with one attached hydrogen (secondary N) is 1. The van der Waals surface area contributed by atoms with Gasteiger partial charge in [0.05, 0.1) is 31.0 Å². The van der Waals surface area contributed by atoms with Gasteiger partial charge in [0.1, 0.15) is 0 Å². The minimum atomic E-state index is 0.107. The van der Waals surface area contributed by atoms with Crippen molar-refractivity contribution >= 4 is 5.91 Å². The number of hydrogen-bond donors (Lipinski definition) is 1. The van der Waals surface area contributed by atoms with Gasteiger partial charge >= 0.3 is 0 Å². The van der Waals surface area contributed by atoms with Gasteiger partial charge in [0, 0.05) is 25.3 Å². The quantitative estimate of drug-likeness (QED) is 0.892. The number of aromatic nitrogens is 2. The van der Waals surface area contributed by atoms with Gasteiger partial charge in [0.25, 0.3) is 0 Å². The van der Waals surface area contributed by atoms with Crippen LogP contribution in [0.15, 0.2) is 12.4 Å². The molecule has 1 aromatic heterocycles. The maximum absolute atomic E-state index is 12.3. The van der Waals surface area contributed by atoms with Crippen LogP contribution in [0.1, 0.15) is 39.3 Å². The molecule has 1 aliphatic heterocycles. The van der Waals surface area contributed by atoms with Gasteiger partial charge in [-0.1, -0.05) is 0 Å². The number of carbonyl (C=O) groups is 1. The fourth-order valence-corrected chi connectivity index (χ4v) is 2.80. The average molecular weight is 308 g/mol. The Hall–Kier alpha value is -1.40. The Labute approximate surface area is 132 Å². The van der Waals surface area contributed by atoms with Crippen molar-refractivity contribution in [3.63, 3.8) is 0 Å². The van der Waals surface area contributed by atoms with Gasteiger partial charge in [0.15, 0.2) is 0 Å². The van der Waals surface area contributed by atoms with Crippen LogP contribution in [0.25, 0.3) is 0 Å². The van der Waals surface area contributed by atoms with Crippen molar-refractivity contribution in [1.29, 1.82) is 0 Å². The monoisotopic (exact) mass is 308 g/mol. The SMILES string of the molecule is Cc1cnn([C@H](C)[C@H](C)NCC(=O)N2C[C@@H](C)O[C@H](C)C2)c1. The second kappa shape index (κ2) is 7.24. The minimum Gasteiger partial charge on any atom is -0.372 e. The summed E-state index contributed by atoms with van der Waals surface area (Å²) in [6.07, 6.45) is 4.09. The average Bonchev–Trinajstić information content (AvgIpc) is 2.89. The predicted octanol–water partition coefficient (Wildman–Crippen LogP) is 1.37. The Kier molecular flexibility index (Phi) is 5.58. The molecule has 0 saturated carbocycles. The van der Waals surface area contributed by atoms with Gasteiger partial charge in [-0.2, -0.15) is 5.10 Å². The van der Waals surface area contributed by atoms with E-state index in [-0.39, 0.29) is 30.2 Å². The lowest BCUT2D eigenvalue weighted by Gasteiger charge is -2.35. The second-order valence-corrected chi connectivity index (χ2v) is 6.46. The van der Waals surface area contributed by atoms with Crippen LogP contribution in [0.3, 0.4) is 0 Å². The number of amides is 1. The number of morpholine rings is 1. The molecule has 0 radical (unpaired) electrons. The smallest absolute Gasteiger partial charge is 0.236 e. The molecule has 2 heterocycles. The number of ether oxygens (including phenoxy) is 1. The maximum Gasteiger partial charge on any atom is 0.236 e. The molecule has 0 unspecified atom stereocenters. The van der Waals surface area contributed by atoms with Crippen LogP contribution >= 0.6 is 0 Å². The molecule has 1 aromatic rings. The highest BCUT2D eigenvalue weighted by molar-refractivity contribution is 5.78. The van der Waals surface area contributed by atoms with Gasteiger partial charge < -0.3 is 15.0 Å². The van der Waals surface area contributed by atoms with Crippen LogP contribution in [0.5, 0.6) is 0 Å². The number of hydrogen-bond acceptors (Lipinski definition) is 4. The van der Waals surface area contributed by atoms with E-state index in [1.165, 1.54) is 0 Å². The van der Waals surface area contributed by atoms with Gasteiger partial charge in [-0.15, -0.1) is 0 Å². The van der Waals surface area contributed by atoms with E-state index in [0.29, 0.717) is 19.6 Å². The molecule has 22 heavy (non-hydrogen) atoms. The molecule has 0 aromatic carbocycles. The van der Waals surface area contributed by atoms with E-state index in [1.807, 2.05) is 42.7 Å². The highest BCUT2D eigenvalue weighted by atomic mass is 16.5. The minimum absolute atomic E-state index is 0.107. The van der Waals surface area contributed by atoms with E-state index >= 15 is 0 Å². The Morgan fingerprint density at radius 3 is 2.59 bits per heavy atom. The zero-order chi connectivity index (χ0) is 16.3. The molecule has 1 fully saturated rings. The number of carbonyl (C=O) groups excluding carboxylic acids is 1. The summed E-state index contributed by atoms with van der Waals surface area (Å²) in [6.45, 7) is 11.9. The van der Waals surface area contributed by atoms with Gasteiger partial charge in [-0.05, 0) is 40.2 Å². The van der Waals surface area contributed by atoms with Crippen LogP contribution in [-0.4, -0.2) is 58.5 Å². The van der Waals surface area contributed by atoms with Crippen molar-refractivity contribution in [3.05, 3.63) is 18.0 Å². The zero-order valence-corrected chi connectivity index (χ0v) is 14.2. The Morgan fingerprint density at radius 1 is 1.41 bits per heavy atom. The van der Waals surface area contributed by atoms with Crippen LogP contribution in [-0.2, 0) is 9.53 Å². The second-order valence-electron chi connectivity index (χ2n) is 6.46. The van der Waals surface area contributed by atoms with Crippen LogP contribution in [0.4, 0.5) is 0 Å². The number of rotatable bonds is 5. The molecule has 0 aliphatic carbocycles. The largest absolute Gasteiger partial charge is 0.372 e. The molecule has 6 heteroatoms. The van der Waals surface area contributed by atoms with E-state index in [1.54, 1.807) is 0 Å². The van der Waals surface area contributed by atoms with Crippen molar-refractivity contribution < 1.29 is 9.53 Å². The summed E-state index contributed by atoms with van der Waals surface area (Å²) >= 11 is 0. The molecule has 1 aliphatic rings. The lowest BCUT2D eigenvalue weighted by molar-refractivity contribution is -0.142. The highest BCUT2D eigenvalue weighted by Crippen LogP contribution is 2.12. The van der Waals surface area contributed by atoms with E-state index in [9.17, 15) is 4.79 Å². The Balaban J connectivity index is 1.82. The van der Waals surface area contributed by atoms with Gasteiger partial charge in [-0.3, -0.25) is 9.48 Å². The Bertz CT molecular complexity index is 492. The highest BCUT2D eigenvalue weighted by Gasteiger charge is 2.26. The molecule has 2 rings (SSSR count). The molecule has 124 valence electrons. The zero-order valence-electron chi connectivity index (χ0n) is 14.2. The summed E-state index contributed by atoms with van der Waals surface area (Å²) in [5, 5.41) is 7.66. The van der Waals surface area contributed by atoms with E-state index in [2.05, 4.69) is 24.3 Å². The first-order chi connectivity index (χ1) is 10.4. The van der Waals surface area contributed by atoms with Gasteiger partial charge in [0.2, 0.25) is 5.91 Å². The summed E-state index contributed by atoms with van der Waals surface area (Å²) in [5.74, 6) is 0.137. The predicted molar refractivity (Wildman–Crippen MR) is 85.7 cm³/mol. The topological polar surface area (TPSA) is 59.4 Å². The summed E-state index contributed by atoms with van der Waals surface area (Å²) in [5.41, 5.74) is 1.14. The van der Waals surface area contributed by atoms with E-state index in [4.69, 9.17) is 4.74 Å². The number of aryl methyl sites for hydroxylation is 1. The summed E-state index contributed by atoms with van der Waals surface area (Å²) < 4.78 is 7.61. The van der Waals surface area contributed by atoms with Crippen molar-refractivity contribution in [1.82, 2.24) is 20.0 Å². The lowest BCUT2D eigenvalue weighted by Crippen LogP contribution is -2.51. The standard InChI is InChI=1S/C16H28N4O2/c1-11-6-18-20(8-11)15(5)14(4)17-7-16(21)19-9-12(2)22-13(3)10-19/h6,8,12-15,17H,7,9-10H2,1-5H3/t12-,13-,14+,15-/m1/s1. The molecule has 0 spiro atoms. The maximum atomic E-state index is 12.3. The van der Waals surface area contributed by atoms with Crippen LogP contribution in [0.2, 0.25) is 0 Å². The molecular formula is C16H28N4O2.